The largest absolute Gasteiger partial charge is 0.377 e. The maximum absolute atomic E-state index is 11.9. The van der Waals surface area contributed by atoms with Gasteiger partial charge in [0, 0.05) is 25.0 Å². The molecule has 1 saturated heterocycles. The third-order valence-electron chi connectivity index (χ3n) is 4.34. The number of hydrogen-bond donors (Lipinski definition) is 2. The average molecular weight is 312 g/mol. The Morgan fingerprint density at radius 3 is 2.55 bits per heavy atom. The SMILES string of the molecule is CCC(C)C(=O)NCC(=O)NCC1CCCOC1C(C)(C)C. The Hall–Kier alpha value is -1.10. The van der Waals surface area contributed by atoms with Crippen LogP contribution in [0.1, 0.15) is 53.9 Å². The van der Waals surface area contributed by atoms with Crippen molar-refractivity contribution in [3.8, 4) is 0 Å². The van der Waals surface area contributed by atoms with Crippen molar-refractivity contribution >= 4 is 11.8 Å². The second-order valence-electron chi connectivity index (χ2n) is 7.39. The molecule has 3 unspecified atom stereocenters. The van der Waals surface area contributed by atoms with E-state index in [1.807, 2.05) is 13.8 Å². The van der Waals surface area contributed by atoms with Gasteiger partial charge in [-0.3, -0.25) is 9.59 Å². The quantitative estimate of drug-likeness (QED) is 0.789. The fourth-order valence-electron chi connectivity index (χ4n) is 2.84. The van der Waals surface area contributed by atoms with Crippen LogP contribution < -0.4 is 10.6 Å². The topological polar surface area (TPSA) is 67.4 Å². The van der Waals surface area contributed by atoms with Gasteiger partial charge in [-0.1, -0.05) is 34.6 Å². The number of ether oxygens (including phenoxy) is 1. The van der Waals surface area contributed by atoms with Gasteiger partial charge < -0.3 is 15.4 Å². The van der Waals surface area contributed by atoms with Crippen molar-refractivity contribution in [3.63, 3.8) is 0 Å². The van der Waals surface area contributed by atoms with Gasteiger partial charge in [-0.2, -0.15) is 0 Å². The van der Waals surface area contributed by atoms with Crippen LogP contribution >= 0.6 is 0 Å². The van der Waals surface area contributed by atoms with Gasteiger partial charge in [0.05, 0.1) is 12.6 Å². The molecule has 3 atom stereocenters. The number of amides is 2. The highest BCUT2D eigenvalue weighted by Crippen LogP contribution is 2.33. The van der Waals surface area contributed by atoms with Crippen LogP contribution in [0, 0.1) is 17.3 Å². The fraction of sp³-hybridized carbons (Fsp3) is 0.882. The smallest absolute Gasteiger partial charge is 0.239 e. The summed E-state index contributed by atoms with van der Waals surface area (Å²) < 4.78 is 5.91. The van der Waals surface area contributed by atoms with Crippen LogP contribution in [0.25, 0.3) is 0 Å². The zero-order valence-corrected chi connectivity index (χ0v) is 14.7. The van der Waals surface area contributed by atoms with Gasteiger partial charge in [0.1, 0.15) is 0 Å². The molecule has 5 nitrogen and oxygen atoms in total. The molecule has 1 heterocycles. The summed E-state index contributed by atoms with van der Waals surface area (Å²) in [5.74, 6) is 0.0916. The monoisotopic (exact) mass is 312 g/mol. The summed E-state index contributed by atoms with van der Waals surface area (Å²) in [5.41, 5.74) is 0.0700. The van der Waals surface area contributed by atoms with Gasteiger partial charge in [-0.05, 0) is 24.7 Å². The van der Waals surface area contributed by atoms with E-state index in [-0.39, 0.29) is 35.8 Å². The second-order valence-corrected chi connectivity index (χ2v) is 7.39. The highest BCUT2D eigenvalue weighted by Gasteiger charge is 2.35. The van der Waals surface area contributed by atoms with E-state index in [2.05, 4.69) is 31.4 Å². The first kappa shape index (κ1) is 18.9. The van der Waals surface area contributed by atoms with Gasteiger partial charge in [0.15, 0.2) is 0 Å². The molecule has 0 aromatic carbocycles. The van der Waals surface area contributed by atoms with E-state index in [4.69, 9.17) is 4.74 Å². The van der Waals surface area contributed by atoms with Crippen molar-refractivity contribution < 1.29 is 14.3 Å². The maximum atomic E-state index is 11.9. The number of hydrogen-bond acceptors (Lipinski definition) is 3. The van der Waals surface area contributed by atoms with Crippen molar-refractivity contribution in [2.45, 2.75) is 60.0 Å². The molecule has 1 rings (SSSR count). The summed E-state index contributed by atoms with van der Waals surface area (Å²) in [6, 6.07) is 0. The summed E-state index contributed by atoms with van der Waals surface area (Å²) in [5, 5.41) is 5.61. The first-order chi connectivity index (χ1) is 10.3. The highest BCUT2D eigenvalue weighted by atomic mass is 16.5. The minimum Gasteiger partial charge on any atom is -0.377 e. The molecule has 0 spiro atoms. The van der Waals surface area contributed by atoms with Crippen LogP contribution in [-0.4, -0.2) is 37.6 Å². The lowest BCUT2D eigenvalue weighted by atomic mass is 9.78. The Balaban J connectivity index is 2.37. The zero-order chi connectivity index (χ0) is 16.8. The normalized spacial score (nSPS) is 23.7. The van der Waals surface area contributed by atoms with Crippen LogP contribution in [0.4, 0.5) is 0 Å². The number of nitrogens with one attached hydrogen (secondary N) is 2. The molecule has 0 aromatic rings. The van der Waals surface area contributed by atoms with Crippen molar-refractivity contribution in [3.05, 3.63) is 0 Å². The van der Waals surface area contributed by atoms with E-state index in [0.717, 1.165) is 25.9 Å². The molecule has 5 heteroatoms. The predicted octanol–water partition coefficient (Wildman–Crippen LogP) is 2.11. The van der Waals surface area contributed by atoms with Crippen molar-refractivity contribution in [1.29, 1.82) is 0 Å². The lowest BCUT2D eigenvalue weighted by Gasteiger charge is -2.40. The van der Waals surface area contributed by atoms with Crippen LogP contribution in [0.5, 0.6) is 0 Å². The Kier molecular flexibility index (Phi) is 7.33. The Bertz CT molecular complexity index is 377. The zero-order valence-electron chi connectivity index (χ0n) is 14.7. The molecule has 1 fully saturated rings. The summed E-state index contributed by atoms with van der Waals surface area (Å²) in [6.07, 6.45) is 3.05. The lowest BCUT2D eigenvalue weighted by molar-refractivity contribution is -0.128. The van der Waals surface area contributed by atoms with E-state index in [0.29, 0.717) is 12.5 Å². The molecule has 0 saturated carbocycles. The number of carbonyl (C=O) groups is 2. The van der Waals surface area contributed by atoms with Gasteiger partial charge in [-0.15, -0.1) is 0 Å². The molecule has 0 aromatic heterocycles. The first-order valence-corrected chi connectivity index (χ1v) is 8.41. The average Bonchev–Trinajstić information content (AvgIpc) is 2.49. The minimum atomic E-state index is -0.130. The predicted molar refractivity (Wildman–Crippen MR) is 87.4 cm³/mol. The highest BCUT2D eigenvalue weighted by molar-refractivity contribution is 5.85. The second kappa shape index (κ2) is 8.51. The van der Waals surface area contributed by atoms with Gasteiger partial charge in [0.25, 0.3) is 0 Å². The molecule has 1 aliphatic rings. The number of rotatable bonds is 6. The van der Waals surface area contributed by atoms with E-state index in [1.165, 1.54) is 0 Å². The van der Waals surface area contributed by atoms with Crippen LogP contribution in [0.15, 0.2) is 0 Å². The minimum absolute atomic E-state index is 0.0511. The van der Waals surface area contributed by atoms with Crippen LogP contribution in [-0.2, 0) is 14.3 Å². The van der Waals surface area contributed by atoms with Gasteiger partial charge >= 0.3 is 0 Å². The molecule has 0 aliphatic carbocycles. The summed E-state index contributed by atoms with van der Waals surface area (Å²) in [7, 11) is 0. The van der Waals surface area contributed by atoms with Crippen LogP contribution in [0.2, 0.25) is 0 Å². The van der Waals surface area contributed by atoms with E-state index in [1.54, 1.807) is 0 Å². The van der Waals surface area contributed by atoms with E-state index >= 15 is 0 Å². The molecule has 22 heavy (non-hydrogen) atoms. The Morgan fingerprint density at radius 1 is 1.27 bits per heavy atom. The molecule has 0 radical (unpaired) electrons. The third kappa shape index (κ3) is 5.95. The third-order valence-corrected chi connectivity index (χ3v) is 4.34. The standard InChI is InChI=1S/C17H32N2O3/c1-6-12(2)16(21)19-11-14(20)18-10-13-8-7-9-22-15(13)17(3,4)5/h12-13,15H,6-11H2,1-5H3,(H,18,20)(H,19,21). The van der Waals surface area contributed by atoms with E-state index < -0.39 is 0 Å². The molecule has 0 bridgehead atoms. The molecule has 2 amide bonds. The van der Waals surface area contributed by atoms with Crippen LogP contribution in [0.3, 0.4) is 0 Å². The number of carbonyl (C=O) groups excluding carboxylic acids is 2. The summed E-state index contributed by atoms with van der Waals surface area (Å²) >= 11 is 0. The lowest BCUT2D eigenvalue weighted by Crippen LogP contribution is -2.47. The van der Waals surface area contributed by atoms with Crippen molar-refractivity contribution in [2.24, 2.45) is 17.3 Å². The molecule has 2 N–H and O–H groups in total. The summed E-state index contributed by atoms with van der Waals surface area (Å²) in [4.78, 5) is 23.5. The van der Waals surface area contributed by atoms with Gasteiger partial charge in [-0.25, -0.2) is 0 Å². The molecular formula is C17H32N2O3. The van der Waals surface area contributed by atoms with Gasteiger partial charge in [0.2, 0.25) is 11.8 Å². The summed E-state index contributed by atoms with van der Waals surface area (Å²) in [6.45, 7) is 11.8. The fourth-order valence-corrected chi connectivity index (χ4v) is 2.84. The maximum Gasteiger partial charge on any atom is 0.239 e. The Labute approximate surface area is 134 Å². The first-order valence-electron chi connectivity index (χ1n) is 8.41. The molecule has 128 valence electrons. The molecule has 1 aliphatic heterocycles. The Morgan fingerprint density at radius 2 is 1.95 bits per heavy atom. The van der Waals surface area contributed by atoms with E-state index in [9.17, 15) is 9.59 Å². The molecular weight excluding hydrogens is 280 g/mol. The van der Waals surface area contributed by atoms with Crippen molar-refractivity contribution in [1.82, 2.24) is 10.6 Å². The van der Waals surface area contributed by atoms with Crippen molar-refractivity contribution in [2.75, 3.05) is 19.7 Å².